The number of hydrogen-bond acceptors (Lipinski definition) is 5. The molecule has 46 heavy (non-hydrogen) atoms. The van der Waals surface area contributed by atoms with E-state index in [0.717, 1.165) is 9.87 Å². The molecule has 0 saturated heterocycles. The molecule has 2 atom stereocenters. The maximum atomic E-state index is 14.6. The summed E-state index contributed by atoms with van der Waals surface area (Å²) in [4.78, 5) is 29.9. The number of halogens is 2. The van der Waals surface area contributed by atoms with Gasteiger partial charge >= 0.3 is 0 Å². The molecule has 11 heteroatoms. The average Bonchev–Trinajstić information content (AvgIpc) is 3.06. The number of nitrogens with one attached hydrogen (secondary N) is 1. The molecule has 0 spiro atoms. The third-order valence-corrected chi connectivity index (χ3v) is 10.1. The van der Waals surface area contributed by atoms with Gasteiger partial charge in [0.25, 0.3) is 10.0 Å². The zero-order chi connectivity index (χ0) is 33.3. The molecule has 0 aliphatic heterocycles. The van der Waals surface area contributed by atoms with E-state index in [4.69, 9.17) is 27.9 Å². The number of hydrogen-bond donors (Lipinski definition) is 1. The minimum atomic E-state index is -4.27. The van der Waals surface area contributed by atoms with Crippen LogP contribution in [-0.2, 0) is 32.6 Å². The Morgan fingerprint density at radius 3 is 2.11 bits per heavy atom. The van der Waals surface area contributed by atoms with Crippen LogP contribution in [0.4, 0.5) is 5.69 Å². The number of rotatable bonds is 14. The van der Waals surface area contributed by atoms with Gasteiger partial charge in [-0.05, 0) is 60.9 Å². The second-order valence-electron chi connectivity index (χ2n) is 10.8. The van der Waals surface area contributed by atoms with E-state index in [0.29, 0.717) is 22.8 Å². The van der Waals surface area contributed by atoms with E-state index >= 15 is 0 Å². The highest BCUT2D eigenvalue weighted by Gasteiger charge is 2.35. The van der Waals surface area contributed by atoms with Gasteiger partial charge in [0.05, 0.1) is 22.7 Å². The summed E-state index contributed by atoms with van der Waals surface area (Å²) in [6.45, 7) is 3.19. The normalized spacial score (nSPS) is 12.5. The average molecular weight is 683 g/mol. The van der Waals surface area contributed by atoms with Gasteiger partial charge in [0.2, 0.25) is 11.8 Å². The Bertz CT molecular complexity index is 1740. The fourth-order valence-corrected chi connectivity index (χ4v) is 6.74. The molecule has 4 rings (SSSR count). The number of nitrogens with zero attached hydrogens (tertiary/aromatic N) is 2. The summed E-state index contributed by atoms with van der Waals surface area (Å²) >= 11 is 13.0. The Labute approximate surface area is 280 Å². The lowest BCUT2D eigenvalue weighted by Crippen LogP contribution is -2.54. The van der Waals surface area contributed by atoms with E-state index in [1.165, 1.54) is 42.3 Å². The molecule has 242 valence electrons. The van der Waals surface area contributed by atoms with Crippen molar-refractivity contribution in [2.45, 2.75) is 50.2 Å². The van der Waals surface area contributed by atoms with Gasteiger partial charge in [-0.2, -0.15) is 0 Å². The van der Waals surface area contributed by atoms with Crippen molar-refractivity contribution in [3.63, 3.8) is 0 Å². The zero-order valence-corrected chi connectivity index (χ0v) is 28.2. The minimum absolute atomic E-state index is 0.0113. The molecule has 0 fully saturated rings. The summed E-state index contributed by atoms with van der Waals surface area (Å²) in [5.74, 6) is -0.617. The largest absolute Gasteiger partial charge is 0.495 e. The molecule has 0 radical (unpaired) electrons. The number of carbonyl (C=O) groups is 2. The summed E-state index contributed by atoms with van der Waals surface area (Å²) in [5.41, 5.74) is 1.60. The Balaban J connectivity index is 1.83. The molecule has 0 aliphatic carbocycles. The summed E-state index contributed by atoms with van der Waals surface area (Å²) in [7, 11) is -2.82. The fourth-order valence-electron chi connectivity index (χ4n) is 4.86. The van der Waals surface area contributed by atoms with Gasteiger partial charge in [-0.15, -0.1) is 0 Å². The minimum Gasteiger partial charge on any atom is -0.495 e. The first-order valence-electron chi connectivity index (χ1n) is 14.8. The van der Waals surface area contributed by atoms with Gasteiger partial charge in [0.1, 0.15) is 18.3 Å². The standard InChI is InChI=1S/C35H37Cl2N3O5S/c1-4-25(2)38-35(42)32(21-26-13-7-5-8-14-26)39(23-27-15-11-12-18-30(27)36)34(41)24-40(28-19-20-33(45-3)31(37)22-28)46(43,44)29-16-9-6-10-17-29/h5-20,22,25,32H,4,21,23-24H2,1-3H3,(H,38,42)/t25-,32+/m1/s1. The lowest BCUT2D eigenvalue weighted by Gasteiger charge is -2.34. The van der Waals surface area contributed by atoms with E-state index in [9.17, 15) is 18.0 Å². The molecule has 8 nitrogen and oxygen atoms in total. The van der Waals surface area contributed by atoms with Crippen LogP contribution in [0.15, 0.2) is 108 Å². The van der Waals surface area contributed by atoms with Crippen LogP contribution in [0.25, 0.3) is 0 Å². The van der Waals surface area contributed by atoms with Crippen LogP contribution < -0.4 is 14.4 Å². The van der Waals surface area contributed by atoms with Crippen molar-refractivity contribution in [2.24, 2.45) is 0 Å². The molecule has 4 aromatic rings. The summed E-state index contributed by atoms with van der Waals surface area (Å²) in [6.07, 6.45) is 0.878. The Hall–Kier alpha value is -4.05. The van der Waals surface area contributed by atoms with Crippen LogP contribution >= 0.6 is 23.2 Å². The molecule has 4 aromatic carbocycles. The second kappa shape index (κ2) is 16.0. The number of ether oxygens (including phenoxy) is 1. The first-order valence-corrected chi connectivity index (χ1v) is 17.0. The van der Waals surface area contributed by atoms with Crippen molar-refractivity contribution in [2.75, 3.05) is 18.0 Å². The summed E-state index contributed by atoms with van der Waals surface area (Å²) in [5, 5.41) is 3.60. The number of sulfonamides is 1. The number of benzene rings is 4. The SMILES string of the molecule is CC[C@@H](C)NC(=O)[C@H](Cc1ccccc1)N(Cc1ccccc1Cl)C(=O)CN(c1ccc(OC)c(Cl)c1)S(=O)(=O)c1ccccc1. The Morgan fingerprint density at radius 1 is 0.870 bits per heavy atom. The van der Waals surface area contributed by atoms with Crippen molar-refractivity contribution >= 4 is 50.7 Å². The molecule has 1 N–H and O–H groups in total. The van der Waals surface area contributed by atoms with Gasteiger partial charge in [-0.3, -0.25) is 13.9 Å². The summed E-state index contributed by atoms with van der Waals surface area (Å²) in [6, 6.07) is 27.6. The molecule has 2 amide bonds. The van der Waals surface area contributed by atoms with Crippen LogP contribution in [0.3, 0.4) is 0 Å². The maximum Gasteiger partial charge on any atom is 0.264 e. The molecule has 0 saturated carbocycles. The first-order chi connectivity index (χ1) is 22.0. The lowest BCUT2D eigenvalue weighted by atomic mass is 10.0. The third kappa shape index (κ3) is 8.60. The van der Waals surface area contributed by atoms with Crippen molar-refractivity contribution < 1.29 is 22.7 Å². The summed E-state index contributed by atoms with van der Waals surface area (Å²) < 4.78 is 34.5. The van der Waals surface area contributed by atoms with E-state index in [1.807, 2.05) is 44.2 Å². The number of carbonyl (C=O) groups excluding carboxylic acids is 2. The molecular weight excluding hydrogens is 645 g/mol. The molecular formula is C35H37Cl2N3O5S. The fraction of sp³-hybridized carbons (Fsp3) is 0.257. The maximum absolute atomic E-state index is 14.6. The lowest BCUT2D eigenvalue weighted by molar-refractivity contribution is -0.140. The highest BCUT2D eigenvalue weighted by molar-refractivity contribution is 7.92. The van der Waals surface area contributed by atoms with Gasteiger partial charge in [0, 0.05) is 24.0 Å². The topological polar surface area (TPSA) is 96.0 Å². The third-order valence-electron chi connectivity index (χ3n) is 7.60. The number of anilines is 1. The van der Waals surface area contributed by atoms with Gasteiger partial charge in [-0.1, -0.05) is 96.9 Å². The molecule has 0 aliphatic rings. The predicted molar refractivity (Wildman–Crippen MR) is 183 cm³/mol. The van der Waals surface area contributed by atoms with Gasteiger partial charge in [-0.25, -0.2) is 8.42 Å². The van der Waals surface area contributed by atoms with Crippen LogP contribution in [-0.4, -0.2) is 50.9 Å². The van der Waals surface area contributed by atoms with Crippen LogP contribution in [0.2, 0.25) is 10.0 Å². The smallest absolute Gasteiger partial charge is 0.264 e. The van der Waals surface area contributed by atoms with E-state index in [2.05, 4.69) is 5.32 Å². The highest BCUT2D eigenvalue weighted by Crippen LogP contribution is 2.32. The Kier molecular flexibility index (Phi) is 12.1. The van der Waals surface area contributed by atoms with Crippen LogP contribution in [0, 0.1) is 0 Å². The van der Waals surface area contributed by atoms with E-state index in [-0.39, 0.29) is 40.5 Å². The van der Waals surface area contributed by atoms with Crippen molar-refractivity contribution in [1.29, 1.82) is 0 Å². The quantitative estimate of drug-likeness (QED) is 0.159. The van der Waals surface area contributed by atoms with Crippen LogP contribution in [0.5, 0.6) is 5.75 Å². The zero-order valence-electron chi connectivity index (χ0n) is 25.9. The van der Waals surface area contributed by atoms with Crippen LogP contribution in [0.1, 0.15) is 31.4 Å². The van der Waals surface area contributed by atoms with E-state index in [1.54, 1.807) is 42.5 Å². The van der Waals surface area contributed by atoms with Crippen molar-refractivity contribution in [1.82, 2.24) is 10.2 Å². The molecule has 0 bridgehead atoms. The van der Waals surface area contributed by atoms with E-state index < -0.39 is 28.5 Å². The molecule has 0 aromatic heterocycles. The molecule has 0 unspecified atom stereocenters. The predicted octanol–water partition coefficient (Wildman–Crippen LogP) is 6.75. The first kappa shape index (κ1) is 34.8. The second-order valence-corrected chi connectivity index (χ2v) is 13.5. The van der Waals surface area contributed by atoms with Crippen molar-refractivity contribution in [3.05, 3.63) is 124 Å². The van der Waals surface area contributed by atoms with Gasteiger partial charge < -0.3 is 15.0 Å². The van der Waals surface area contributed by atoms with Gasteiger partial charge in [0.15, 0.2) is 0 Å². The number of methoxy groups -OCH3 is 1. The number of amides is 2. The Morgan fingerprint density at radius 2 is 1.50 bits per heavy atom. The molecule has 0 heterocycles. The van der Waals surface area contributed by atoms with Crippen molar-refractivity contribution in [3.8, 4) is 5.75 Å². The highest BCUT2D eigenvalue weighted by atomic mass is 35.5. The monoisotopic (exact) mass is 681 g/mol.